The molecule has 2 aromatic rings. The molecule has 0 bridgehead atoms. The summed E-state index contributed by atoms with van der Waals surface area (Å²) in [5.74, 6) is -1.32. The first-order chi connectivity index (χ1) is 10.0. The summed E-state index contributed by atoms with van der Waals surface area (Å²) in [6, 6.07) is 6.03. The van der Waals surface area contributed by atoms with Crippen molar-refractivity contribution in [3.63, 3.8) is 0 Å². The van der Waals surface area contributed by atoms with Crippen LogP contribution in [0.5, 0.6) is 0 Å². The Bertz CT molecular complexity index is 752. The van der Waals surface area contributed by atoms with Crippen molar-refractivity contribution < 1.29 is 14.7 Å². The molecular weight excluding hydrogens is 274 g/mol. The molecule has 0 saturated heterocycles. The SMILES string of the molecule is NC(N)=Nn1cc(C[C@H](N=C=O)C(=O)O)c2ccccc21. The van der Waals surface area contributed by atoms with Crippen LogP contribution in [-0.2, 0) is 16.0 Å². The van der Waals surface area contributed by atoms with E-state index in [0.29, 0.717) is 5.56 Å². The second-order valence-electron chi connectivity index (χ2n) is 4.32. The standard InChI is InChI=1S/C13H13N5O3/c14-13(15)17-18-6-8(5-10(12(20)21)16-7-19)9-3-1-2-4-11(9)18/h1-4,6,10H,5H2,(H,20,21)(H4,14,15,17)/t10-/m0/s1. The lowest BCUT2D eigenvalue weighted by molar-refractivity contribution is -0.138. The molecule has 2 rings (SSSR count). The summed E-state index contributed by atoms with van der Waals surface area (Å²) >= 11 is 0. The van der Waals surface area contributed by atoms with Crippen molar-refractivity contribution in [2.24, 2.45) is 21.6 Å². The zero-order valence-electron chi connectivity index (χ0n) is 10.9. The summed E-state index contributed by atoms with van der Waals surface area (Å²) in [6.07, 6.45) is 2.93. The first-order valence-corrected chi connectivity index (χ1v) is 6.01. The van der Waals surface area contributed by atoms with Crippen molar-refractivity contribution in [2.75, 3.05) is 0 Å². The highest BCUT2D eigenvalue weighted by molar-refractivity contribution is 5.86. The number of carbonyl (C=O) groups is 1. The van der Waals surface area contributed by atoms with Crippen LogP contribution in [0, 0.1) is 0 Å². The minimum Gasteiger partial charge on any atom is -0.480 e. The fourth-order valence-corrected chi connectivity index (χ4v) is 2.06. The number of carbonyl (C=O) groups excluding carboxylic acids is 1. The molecule has 0 amide bonds. The summed E-state index contributed by atoms with van der Waals surface area (Å²) in [5.41, 5.74) is 12.1. The molecule has 8 heteroatoms. The lowest BCUT2D eigenvalue weighted by Gasteiger charge is -2.03. The molecule has 21 heavy (non-hydrogen) atoms. The second-order valence-corrected chi connectivity index (χ2v) is 4.32. The van der Waals surface area contributed by atoms with Crippen LogP contribution in [0.1, 0.15) is 5.56 Å². The lowest BCUT2D eigenvalue weighted by atomic mass is 10.1. The van der Waals surface area contributed by atoms with Gasteiger partial charge in [0, 0.05) is 18.0 Å². The number of nitrogens with two attached hydrogens (primary N) is 2. The quantitative estimate of drug-likeness (QED) is 0.404. The third-order valence-corrected chi connectivity index (χ3v) is 2.91. The smallest absolute Gasteiger partial charge is 0.329 e. The molecule has 0 aliphatic heterocycles. The van der Waals surface area contributed by atoms with E-state index in [0.717, 1.165) is 10.9 Å². The lowest BCUT2D eigenvalue weighted by Crippen LogP contribution is -2.23. The van der Waals surface area contributed by atoms with Crippen LogP contribution in [0.4, 0.5) is 0 Å². The second kappa shape index (κ2) is 5.89. The third kappa shape index (κ3) is 3.07. The summed E-state index contributed by atoms with van der Waals surface area (Å²) in [7, 11) is 0. The van der Waals surface area contributed by atoms with Crippen LogP contribution in [0.2, 0.25) is 0 Å². The summed E-state index contributed by atoms with van der Waals surface area (Å²) in [6.45, 7) is 0. The number of carboxylic acids is 1. The van der Waals surface area contributed by atoms with E-state index in [9.17, 15) is 9.59 Å². The maximum absolute atomic E-state index is 11.1. The van der Waals surface area contributed by atoms with Gasteiger partial charge in [0.05, 0.1) is 5.52 Å². The first kappa shape index (κ1) is 14.3. The maximum Gasteiger partial charge on any atom is 0.329 e. The number of fused-ring (bicyclic) bond motifs is 1. The molecule has 0 radical (unpaired) electrons. The first-order valence-electron chi connectivity index (χ1n) is 6.01. The fraction of sp³-hybridized carbons (Fsp3) is 0.154. The average Bonchev–Trinajstić information content (AvgIpc) is 2.76. The van der Waals surface area contributed by atoms with E-state index in [2.05, 4.69) is 10.1 Å². The van der Waals surface area contributed by atoms with Gasteiger partial charge in [0.1, 0.15) is 0 Å². The average molecular weight is 287 g/mol. The number of rotatable bonds is 5. The van der Waals surface area contributed by atoms with E-state index in [1.165, 1.54) is 10.8 Å². The van der Waals surface area contributed by atoms with Crippen molar-refractivity contribution in [1.82, 2.24) is 4.68 Å². The van der Waals surface area contributed by atoms with Gasteiger partial charge in [0.15, 0.2) is 6.04 Å². The Balaban J connectivity index is 2.51. The van der Waals surface area contributed by atoms with Crippen molar-refractivity contribution in [1.29, 1.82) is 0 Å². The van der Waals surface area contributed by atoms with Gasteiger partial charge in [-0.3, -0.25) is 0 Å². The van der Waals surface area contributed by atoms with E-state index in [-0.39, 0.29) is 12.4 Å². The molecule has 1 atom stereocenters. The van der Waals surface area contributed by atoms with Gasteiger partial charge in [-0.1, -0.05) is 18.2 Å². The number of aliphatic carboxylic acids is 1. The Hall–Kier alpha value is -3.12. The summed E-state index contributed by atoms with van der Waals surface area (Å²) in [5, 5.41) is 13.8. The normalized spacial score (nSPS) is 11.6. The van der Waals surface area contributed by atoms with Gasteiger partial charge >= 0.3 is 5.97 Å². The van der Waals surface area contributed by atoms with E-state index < -0.39 is 12.0 Å². The molecular formula is C13H13N5O3. The predicted octanol–water partition coefficient (Wildman–Crippen LogP) is 0.00930. The number of isocyanates is 1. The minimum absolute atomic E-state index is 0.0398. The highest BCUT2D eigenvalue weighted by Crippen LogP contribution is 2.23. The molecule has 0 aliphatic rings. The molecule has 0 aliphatic carbocycles. The number of para-hydroxylation sites is 1. The molecule has 8 nitrogen and oxygen atoms in total. The van der Waals surface area contributed by atoms with Crippen molar-refractivity contribution in [3.8, 4) is 0 Å². The third-order valence-electron chi connectivity index (χ3n) is 2.91. The number of carboxylic acid groups (broad SMARTS) is 1. The minimum atomic E-state index is -1.20. The maximum atomic E-state index is 11.1. The van der Waals surface area contributed by atoms with Crippen LogP contribution in [0.25, 0.3) is 10.9 Å². The van der Waals surface area contributed by atoms with Gasteiger partial charge in [-0.05, 0) is 11.6 Å². The number of aliphatic imine (C=N–C) groups is 1. The van der Waals surface area contributed by atoms with Gasteiger partial charge < -0.3 is 16.6 Å². The van der Waals surface area contributed by atoms with Gasteiger partial charge in [0.25, 0.3) is 0 Å². The molecule has 0 saturated carbocycles. The van der Waals surface area contributed by atoms with Crippen LogP contribution >= 0.6 is 0 Å². The van der Waals surface area contributed by atoms with Crippen molar-refractivity contribution in [3.05, 3.63) is 36.0 Å². The Labute approximate surface area is 119 Å². The van der Waals surface area contributed by atoms with Gasteiger partial charge in [-0.2, -0.15) is 4.99 Å². The molecule has 1 aromatic carbocycles. The van der Waals surface area contributed by atoms with Crippen molar-refractivity contribution in [2.45, 2.75) is 12.5 Å². The van der Waals surface area contributed by atoms with Gasteiger partial charge in [-0.15, -0.1) is 5.10 Å². The monoisotopic (exact) mass is 287 g/mol. The molecule has 0 spiro atoms. The Morgan fingerprint density at radius 2 is 2.10 bits per heavy atom. The molecule has 0 unspecified atom stereocenters. The van der Waals surface area contributed by atoms with Crippen LogP contribution < -0.4 is 11.5 Å². The van der Waals surface area contributed by atoms with Crippen LogP contribution in [0.3, 0.4) is 0 Å². The molecule has 0 fully saturated rings. The van der Waals surface area contributed by atoms with Gasteiger partial charge in [0.2, 0.25) is 12.0 Å². The molecule has 5 N–H and O–H groups in total. The zero-order chi connectivity index (χ0) is 15.4. The molecule has 1 heterocycles. The summed E-state index contributed by atoms with van der Waals surface area (Å²) in [4.78, 5) is 24.7. The van der Waals surface area contributed by atoms with E-state index in [1.54, 1.807) is 12.3 Å². The van der Waals surface area contributed by atoms with E-state index in [4.69, 9.17) is 16.6 Å². The number of aromatic nitrogens is 1. The number of guanidine groups is 1. The molecule has 1 aromatic heterocycles. The Morgan fingerprint density at radius 3 is 2.71 bits per heavy atom. The van der Waals surface area contributed by atoms with Crippen LogP contribution in [-0.4, -0.2) is 33.8 Å². The number of nitrogens with zero attached hydrogens (tertiary/aromatic N) is 3. The molecule has 108 valence electrons. The highest BCUT2D eigenvalue weighted by atomic mass is 16.4. The summed E-state index contributed by atoms with van der Waals surface area (Å²) < 4.78 is 1.46. The van der Waals surface area contributed by atoms with Gasteiger partial charge in [-0.25, -0.2) is 14.3 Å². The number of hydrogen-bond donors (Lipinski definition) is 3. The predicted molar refractivity (Wildman–Crippen MR) is 76.4 cm³/mol. The Kier molecular flexibility index (Phi) is 4.01. The largest absolute Gasteiger partial charge is 0.480 e. The van der Waals surface area contributed by atoms with E-state index >= 15 is 0 Å². The highest BCUT2D eigenvalue weighted by Gasteiger charge is 2.19. The number of hydrogen-bond acceptors (Lipinski definition) is 4. The fourth-order valence-electron chi connectivity index (χ4n) is 2.06. The van der Waals surface area contributed by atoms with Crippen molar-refractivity contribution >= 4 is 28.9 Å². The Morgan fingerprint density at radius 1 is 1.38 bits per heavy atom. The zero-order valence-corrected chi connectivity index (χ0v) is 10.9. The van der Waals surface area contributed by atoms with Crippen LogP contribution in [0.15, 0.2) is 40.6 Å². The number of benzene rings is 1. The topological polar surface area (TPSA) is 136 Å². The van der Waals surface area contributed by atoms with E-state index in [1.807, 2.05) is 18.2 Å².